The number of aromatic nitrogens is 1. The van der Waals surface area contributed by atoms with Gasteiger partial charge in [0.1, 0.15) is 5.82 Å². The molecule has 3 rings (SSSR count). The summed E-state index contributed by atoms with van der Waals surface area (Å²) < 4.78 is 13.3. The van der Waals surface area contributed by atoms with Gasteiger partial charge in [0.25, 0.3) is 0 Å². The Bertz CT molecular complexity index is 802. The molecular weight excluding hydrogens is 287 g/mol. The summed E-state index contributed by atoms with van der Waals surface area (Å²) in [7, 11) is 0. The molecule has 0 bridgehead atoms. The second-order valence-electron chi connectivity index (χ2n) is 4.92. The van der Waals surface area contributed by atoms with Crippen LogP contribution < -0.4 is 5.32 Å². The fraction of sp³-hybridized carbons (Fsp3) is 0.118. The van der Waals surface area contributed by atoms with Crippen molar-refractivity contribution < 1.29 is 4.39 Å². The number of hydrogen-bond acceptors (Lipinski definition) is 2. The van der Waals surface area contributed by atoms with E-state index >= 15 is 0 Å². The van der Waals surface area contributed by atoms with Crippen LogP contribution in [0.1, 0.15) is 11.1 Å². The van der Waals surface area contributed by atoms with Crippen molar-refractivity contribution in [1.29, 1.82) is 0 Å². The molecule has 0 spiro atoms. The zero-order valence-electron chi connectivity index (χ0n) is 11.5. The van der Waals surface area contributed by atoms with Crippen molar-refractivity contribution in [1.82, 2.24) is 4.98 Å². The van der Waals surface area contributed by atoms with Gasteiger partial charge in [0, 0.05) is 18.1 Å². The molecule has 0 aliphatic carbocycles. The maximum absolute atomic E-state index is 13.3. The minimum atomic E-state index is -0.225. The standard InChI is InChI=1S/C17H14ClFN2/c1-11-4-5-13(19)9-12(11)10-21-16-7-6-15(18)14-3-2-8-20-17(14)16/h2-9,21H,10H2,1H3. The van der Waals surface area contributed by atoms with Gasteiger partial charge >= 0.3 is 0 Å². The molecule has 1 aromatic heterocycles. The van der Waals surface area contributed by atoms with Gasteiger partial charge in [-0.3, -0.25) is 4.98 Å². The summed E-state index contributed by atoms with van der Waals surface area (Å²) in [5, 5.41) is 4.89. The van der Waals surface area contributed by atoms with Crippen LogP contribution in [0.3, 0.4) is 0 Å². The van der Waals surface area contributed by atoms with E-state index in [9.17, 15) is 4.39 Å². The summed E-state index contributed by atoms with van der Waals surface area (Å²) >= 11 is 6.17. The summed E-state index contributed by atoms with van der Waals surface area (Å²) in [4.78, 5) is 4.37. The fourth-order valence-corrected chi connectivity index (χ4v) is 2.52. The lowest BCUT2D eigenvalue weighted by Gasteiger charge is -2.11. The number of fused-ring (bicyclic) bond motifs is 1. The molecule has 0 aliphatic heterocycles. The van der Waals surface area contributed by atoms with Gasteiger partial charge in [0.15, 0.2) is 0 Å². The lowest BCUT2D eigenvalue weighted by Crippen LogP contribution is -2.03. The third-order valence-electron chi connectivity index (χ3n) is 3.50. The average molecular weight is 301 g/mol. The number of benzene rings is 2. The largest absolute Gasteiger partial charge is 0.379 e. The molecule has 0 amide bonds. The van der Waals surface area contributed by atoms with Crippen molar-refractivity contribution >= 4 is 28.2 Å². The van der Waals surface area contributed by atoms with Crippen LogP contribution in [0.25, 0.3) is 10.9 Å². The Labute approximate surface area is 127 Å². The summed E-state index contributed by atoms with van der Waals surface area (Å²) in [6, 6.07) is 12.3. The monoisotopic (exact) mass is 300 g/mol. The van der Waals surface area contributed by atoms with Crippen molar-refractivity contribution in [2.45, 2.75) is 13.5 Å². The molecule has 1 heterocycles. The summed E-state index contributed by atoms with van der Waals surface area (Å²) in [6.07, 6.45) is 1.73. The number of nitrogens with one attached hydrogen (secondary N) is 1. The van der Waals surface area contributed by atoms with E-state index < -0.39 is 0 Å². The van der Waals surface area contributed by atoms with Crippen LogP contribution in [0.5, 0.6) is 0 Å². The molecule has 106 valence electrons. The molecule has 0 aliphatic rings. The molecule has 0 radical (unpaired) electrons. The first-order chi connectivity index (χ1) is 10.1. The zero-order valence-corrected chi connectivity index (χ0v) is 12.3. The van der Waals surface area contributed by atoms with Crippen LogP contribution in [0.4, 0.5) is 10.1 Å². The summed E-state index contributed by atoms with van der Waals surface area (Å²) in [5.41, 5.74) is 3.68. The van der Waals surface area contributed by atoms with Crippen molar-refractivity contribution in [3.63, 3.8) is 0 Å². The number of pyridine rings is 1. The number of halogens is 2. The van der Waals surface area contributed by atoms with Crippen molar-refractivity contribution in [2.24, 2.45) is 0 Å². The van der Waals surface area contributed by atoms with Gasteiger partial charge in [-0.2, -0.15) is 0 Å². The van der Waals surface area contributed by atoms with Crippen LogP contribution >= 0.6 is 11.6 Å². The number of nitrogens with zero attached hydrogens (tertiary/aromatic N) is 1. The molecular formula is C17H14ClFN2. The molecule has 0 fully saturated rings. The van der Waals surface area contributed by atoms with Crippen LogP contribution in [0.2, 0.25) is 5.02 Å². The van der Waals surface area contributed by atoms with E-state index in [1.54, 1.807) is 18.3 Å². The smallest absolute Gasteiger partial charge is 0.123 e. The topological polar surface area (TPSA) is 24.9 Å². The SMILES string of the molecule is Cc1ccc(F)cc1CNc1ccc(Cl)c2cccnc12. The predicted octanol–water partition coefficient (Wildman–Crippen LogP) is 4.95. The van der Waals surface area contributed by atoms with E-state index in [0.717, 1.165) is 27.7 Å². The van der Waals surface area contributed by atoms with Gasteiger partial charge in [0.2, 0.25) is 0 Å². The third kappa shape index (κ3) is 2.83. The first kappa shape index (κ1) is 13.8. The van der Waals surface area contributed by atoms with Gasteiger partial charge in [-0.15, -0.1) is 0 Å². The Morgan fingerprint density at radius 1 is 1.19 bits per heavy atom. The Balaban J connectivity index is 1.92. The van der Waals surface area contributed by atoms with Crippen LogP contribution in [-0.2, 0) is 6.54 Å². The fourth-order valence-electron chi connectivity index (χ4n) is 2.30. The minimum Gasteiger partial charge on any atom is -0.379 e. The first-order valence-electron chi connectivity index (χ1n) is 6.67. The van der Waals surface area contributed by atoms with Crippen LogP contribution in [0, 0.1) is 12.7 Å². The second-order valence-corrected chi connectivity index (χ2v) is 5.33. The Morgan fingerprint density at radius 2 is 2.05 bits per heavy atom. The van der Waals surface area contributed by atoms with E-state index in [1.165, 1.54) is 6.07 Å². The molecule has 0 atom stereocenters. The minimum absolute atomic E-state index is 0.225. The lowest BCUT2D eigenvalue weighted by molar-refractivity contribution is 0.625. The summed E-state index contributed by atoms with van der Waals surface area (Å²) in [6.45, 7) is 2.51. The van der Waals surface area contributed by atoms with Gasteiger partial charge < -0.3 is 5.32 Å². The van der Waals surface area contributed by atoms with E-state index in [-0.39, 0.29) is 5.82 Å². The molecule has 3 aromatic rings. The average Bonchev–Trinajstić information content (AvgIpc) is 2.50. The maximum Gasteiger partial charge on any atom is 0.123 e. The summed E-state index contributed by atoms with van der Waals surface area (Å²) in [5.74, 6) is -0.225. The van der Waals surface area contributed by atoms with E-state index in [0.29, 0.717) is 11.6 Å². The lowest BCUT2D eigenvalue weighted by atomic mass is 10.1. The molecule has 21 heavy (non-hydrogen) atoms. The maximum atomic E-state index is 13.3. The molecule has 0 saturated heterocycles. The molecule has 2 nitrogen and oxygen atoms in total. The van der Waals surface area contributed by atoms with E-state index in [1.807, 2.05) is 31.2 Å². The number of aryl methyl sites for hydroxylation is 1. The van der Waals surface area contributed by atoms with E-state index in [4.69, 9.17) is 11.6 Å². The number of anilines is 1. The Hall–Kier alpha value is -2.13. The highest BCUT2D eigenvalue weighted by molar-refractivity contribution is 6.35. The van der Waals surface area contributed by atoms with Crippen LogP contribution in [-0.4, -0.2) is 4.98 Å². The quantitative estimate of drug-likeness (QED) is 0.740. The van der Waals surface area contributed by atoms with Crippen molar-refractivity contribution in [2.75, 3.05) is 5.32 Å². The molecule has 0 saturated carbocycles. The molecule has 2 aromatic carbocycles. The number of rotatable bonds is 3. The van der Waals surface area contributed by atoms with Crippen molar-refractivity contribution in [3.05, 3.63) is 70.6 Å². The normalized spacial score (nSPS) is 10.8. The second kappa shape index (κ2) is 5.70. The Kier molecular flexibility index (Phi) is 3.76. The van der Waals surface area contributed by atoms with Crippen LogP contribution in [0.15, 0.2) is 48.7 Å². The highest BCUT2D eigenvalue weighted by Gasteiger charge is 2.06. The van der Waals surface area contributed by atoms with Gasteiger partial charge in [-0.25, -0.2) is 4.39 Å². The van der Waals surface area contributed by atoms with Gasteiger partial charge in [-0.05, 0) is 54.4 Å². The first-order valence-corrected chi connectivity index (χ1v) is 7.05. The van der Waals surface area contributed by atoms with Gasteiger partial charge in [0.05, 0.1) is 16.2 Å². The Morgan fingerprint density at radius 3 is 2.90 bits per heavy atom. The third-order valence-corrected chi connectivity index (χ3v) is 3.83. The number of hydrogen-bond donors (Lipinski definition) is 1. The molecule has 4 heteroatoms. The van der Waals surface area contributed by atoms with Gasteiger partial charge in [-0.1, -0.05) is 17.7 Å². The highest BCUT2D eigenvalue weighted by atomic mass is 35.5. The van der Waals surface area contributed by atoms with Crippen molar-refractivity contribution in [3.8, 4) is 0 Å². The van der Waals surface area contributed by atoms with E-state index in [2.05, 4.69) is 10.3 Å². The highest BCUT2D eigenvalue weighted by Crippen LogP contribution is 2.28. The predicted molar refractivity (Wildman–Crippen MR) is 85.2 cm³/mol. The molecule has 0 unspecified atom stereocenters. The zero-order chi connectivity index (χ0) is 14.8. The molecule has 1 N–H and O–H groups in total.